The molecule has 0 saturated carbocycles. The first-order valence-corrected chi connectivity index (χ1v) is 6.80. The Morgan fingerprint density at radius 1 is 1.14 bits per heavy atom. The van der Waals surface area contributed by atoms with Crippen LogP contribution in [0.4, 0.5) is 10.1 Å². The molecule has 2 aromatic carbocycles. The van der Waals surface area contributed by atoms with Crippen molar-refractivity contribution in [2.24, 2.45) is 0 Å². The fourth-order valence-electron chi connectivity index (χ4n) is 2.17. The molecule has 4 heteroatoms. The van der Waals surface area contributed by atoms with Crippen LogP contribution < -0.4 is 5.32 Å². The molecule has 0 amide bonds. The van der Waals surface area contributed by atoms with E-state index < -0.39 is 0 Å². The van der Waals surface area contributed by atoms with Crippen LogP contribution >= 0.6 is 0 Å². The zero-order chi connectivity index (χ0) is 14.7. The Balaban J connectivity index is 1.70. The van der Waals surface area contributed by atoms with Crippen LogP contribution in [0, 0.1) is 12.7 Å². The van der Waals surface area contributed by atoms with Gasteiger partial charge in [-0.05, 0) is 42.3 Å². The van der Waals surface area contributed by atoms with Crippen molar-refractivity contribution in [1.82, 2.24) is 9.55 Å². The van der Waals surface area contributed by atoms with E-state index in [1.807, 2.05) is 48.0 Å². The van der Waals surface area contributed by atoms with Gasteiger partial charge in [-0.3, -0.25) is 0 Å². The SMILES string of the molecule is Cc1ccc(F)c(NCc2ccc(-n3ccnc3)cc2)c1. The predicted molar refractivity (Wildman–Crippen MR) is 82.0 cm³/mol. The maximum absolute atomic E-state index is 13.6. The van der Waals surface area contributed by atoms with E-state index in [1.165, 1.54) is 6.07 Å². The molecule has 3 rings (SSSR count). The Kier molecular flexibility index (Phi) is 3.69. The van der Waals surface area contributed by atoms with Crippen LogP contribution in [0.5, 0.6) is 0 Å². The molecule has 0 aliphatic rings. The first-order chi connectivity index (χ1) is 10.2. The molecule has 0 atom stereocenters. The number of halogens is 1. The summed E-state index contributed by atoms with van der Waals surface area (Å²) in [5, 5.41) is 3.13. The van der Waals surface area contributed by atoms with Gasteiger partial charge in [-0.2, -0.15) is 0 Å². The number of nitrogens with zero attached hydrogens (tertiary/aromatic N) is 2. The van der Waals surface area contributed by atoms with Gasteiger partial charge in [0, 0.05) is 24.6 Å². The molecule has 21 heavy (non-hydrogen) atoms. The smallest absolute Gasteiger partial charge is 0.146 e. The van der Waals surface area contributed by atoms with E-state index in [1.54, 1.807) is 18.6 Å². The van der Waals surface area contributed by atoms with Crippen molar-refractivity contribution in [1.29, 1.82) is 0 Å². The number of hydrogen-bond donors (Lipinski definition) is 1. The molecular weight excluding hydrogens is 265 g/mol. The van der Waals surface area contributed by atoms with Gasteiger partial charge in [0.05, 0.1) is 12.0 Å². The lowest BCUT2D eigenvalue weighted by molar-refractivity contribution is 0.629. The number of nitrogens with one attached hydrogen (secondary N) is 1. The third-order valence-electron chi connectivity index (χ3n) is 3.34. The molecule has 1 N–H and O–H groups in total. The minimum atomic E-state index is -0.226. The monoisotopic (exact) mass is 281 g/mol. The van der Waals surface area contributed by atoms with Crippen LogP contribution in [-0.2, 0) is 6.54 Å². The van der Waals surface area contributed by atoms with Gasteiger partial charge in [0.1, 0.15) is 5.82 Å². The van der Waals surface area contributed by atoms with Gasteiger partial charge in [-0.15, -0.1) is 0 Å². The Morgan fingerprint density at radius 3 is 2.67 bits per heavy atom. The van der Waals surface area contributed by atoms with E-state index >= 15 is 0 Å². The van der Waals surface area contributed by atoms with Crippen molar-refractivity contribution < 1.29 is 4.39 Å². The number of aryl methyl sites for hydroxylation is 1. The van der Waals surface area contributed by atoms with Crippen LogP contribution in [0.1, 0.15) is 11.1 Å². The molecule has 0 saturated heterocycles. The van der Waals surface area contributed by atoms with Crippen molar-refractivity contribution in [2.75, 3.05) is 5.32 Å². The second-order valence-electron chi connectivity index (χ2n) is 4.97. The fraction of sp³-hybridized carbons (Fsp3) is 0.118. The maximum Gasteiger partial charge on any atom is 0.146 e. The van der Waals surface area contributed by atoms with Crippen LogP contribution in [0.25, 0.3) is 5.69 Å². The summed E-state index contributed by atoms with van der Waals surface area (Å²) in [5.41, 5.74) is 3.72. The largest absolute Gasteiger partial charge is 0.379 e. The Hall–Kier alpha value is -2.62. The molecule has 1 heterocycles. The average molecular weight is 281 g/mol. The minimum Gasteiger partial charge on any atom is -0.379 e. The standard InChI is InChI=1S/C17H16FN3/c1-13-2-7-16(18)17(10-13)20-11-14-3-5-15(6-4-14)21-9-8-19-12-21/h2-10,12,20H,11H2,1H3. The molecule has 0 bridgehead atoms. The van der Waals surface area contributed by atoms with E-state index in [9.17, 15) is 4.39 Å². The van der Waals surface area contributed by atoms with Gasteiger partial charge in [0.2, 0.25) is 0 Å². The molecule has 1 aromatic heterocycles. The molecule has 3 aromatic rings. The molecule has 0 aliphatic heterocycles. The second-order valence-corrected chi connectivity index (χ2v) is 4.97. The summed E-state index contributed by atoms with van der Waals surface area (Å²) in [5.74, 6) is -0.226. The average Bonchev–Trinajstić information content (AvgIpc) is 3.03. The van der Waals surface area contributed by atoms with Gasteiger partial charge < -0.3 is 9.88 Å². The zero-order valence-electron chi connectivity index (χ0n) is 11.8. The van der Waals surface area contributed by atoms with E-state index in [0.717, 1.165) is 16.8 Å². The van der Waals surface area contributed by atoms with Crippen LogP contribution in [0.15, 0.2) is 61.2 Å². The molecule has 0 unspecified atom stereocenters. The van der Waals surface area contributed by atoms with Crippen molar-refractivity contribution in [3.8, 4) is 5.69 Å². The highest BCUT2D eigenvalue weighted by Crippen LogP contribution is 2.17. The summed E-state index contributed by atoms with van der Waals surface area (Å²) >= 11 is 0. The Labute approximate surface area is 123 Å². The quantitative estimate of drug-likeness (QED) is 0.785. The van der Waals surface area contributed by atoms with Gasteiger partial charge in [0.15, 0.2) is 0 Å². The first kappa shape index (κ1) is 13.4. The molecule has 3 nitrogen and oxygen atoms in total. The summed E-state index contributed by atoms with van der Waals surface area (Å²) in [7, 11) is 0. The lowest BCUT2D eigenvalue weighted by Crippen LogP contribution is -2.02. The number of rotatable bonds is 4. The highest BCUT2D eigenvalue weighted by atomic mass is 19.1. The lowest BCUT2D eigenvalue weighted by Gasteiger charge is -2.09. The summed E-state index contributed by atoms with van der Waals surface area (Å²) in [4.78, 5) is 4.02. The van der Waals surface area contributed by atoms with Crippen molar-refractivity contribution in [3.05, 3.63) is 78.1 Å². The summed E-state index contributed by atoms with van der Waals surface area (Å²) in [6, 6.07) is 13.2. The number of imidazole rings is 1. The van der Waals surface area contributed by atoms with Crippen LogP contribution in [0.2, 0.25) is 0 Å². The van der Waals surface area contributed by atoms with Crippen molar-refractivity contribution >= 4 is 5.69 Å². The molecule has 0 aliphatic carbocycles. The highest BCUT2D eigenvalue weighted by Gasteiger charge is 2.02. The summed E-state index contributed by atoms with van der Waals surface area (Å²) < 4.78 is 15.6. The minimum absolute atomic E-state index is 0.226. The molecule has 0 fully saturated rings. The van der Waals surface area contributed by atoms with Crippen LogP contribution in [0.3, 0.4) is 0 Å². The van der Waals surface area contributed by atoms with E-state index in [2.05, 4.69) is 10.3 Å². The van der Waals surface area contributed by atoms with Gasteiger partial charge >= 0.3 is 0 Å². The molecule has 106 valence electrons. The number of anilines is 1. The zero-order valence-corrected chi connectivity index (χ0v) is 11.8. The second kappa shape index (κ2) is 5.79. The first-order valence-electron chi connectivity index (χ1n) is 6.80. The van der Waals surface area contributed by atoms with E-state index in [-0.39, 0.29) is 5.82 Å². The molecule has 0 spiro atoms. The third kappa shape index (κ3) is 3.11. The van der Waals surface area contributed by atoms with Crippen molar-refractivity contribution in [3.63, 3.8) is 0 Å². The van der Waals surface area contributed by atoms with Crippen LogP contribution in [-0.4, -0.2) is 9.55 Å². The fourth-order valence-corrected chi connectivity index (χ4v) is 2.17. The number of aromatic nitrogens is 2. The lowest BCUT2D eigenvalue weighted by atomic mass is 10.2. The maximum atomic E-state index is 13.6. The van der Waals surface area contributed by atoms with E-state index in [4.69, 9.17) is 0 Å². The topological polar surface area (TPSA) is 29.9 Å². The predicted octanol–water partition coefficient (Wildman–Crippen LogP) is 3.93. The third-order valence-corrected chi connectivity index (χ3v) is 3.34. The molecule has 0 radical (unpaired) electrons. The van der Waals surface area contributed by atoms with E-state index in [0.29, 0.717) is 12.2 Å². The number of benzene rings is 2. The van der Waals surface area contributed by atoms with Gasteiger partial charge in [-0.1, -0.05) is 18.2 Å². The summed E-state index contributed by atoms with van der Waals surface area (Å²) in [6.07, 6.45) is 5.40. The number of hydrogen-bond acceptors (Lipinski definition) is 2. The van der Waals surface area contributed by atoms with Gasteiger partial charge in [0.25, 0.3) is 0 Å². The Bertz CT molecular complexity index is 718. The summed E-state index contributed by atoms with van der Waals surface area (Å²) in [6.45, 7) is 2.54. The normalized spacial score (nSPS) is 10.6. The highest BCUT2D eigenvalue weighted by molar-refractivity contribution is 5.47. The Morgan fingerprint density at radius 2 is 1.95 bits per heavy atom. The van der Waals surface area contributed by atoms with Gasteiger partial charge in [-0.25, -0.2) is 9.37 Å². The van der Waals surface area contributed by atoms with Crippen molar-refractivity contribution in [2.45, 2.75) is 13.5 Å². The molecular formula is C17H16FN3.